The maximum atomic E-state index is 13.0. The van der Waals surface area contributed by atoms with Gasteiger partial charge in [-0.15, -0.1) is 0 Å². The molecule has 5 nitrogen and oxygen atoms in total. The summed E-state index contributed by atoms with van der Waals surface area (Å²) >= 11 is 6.40. The Bertz CT molecular complexity index is 1350. The Balaban J connectivity index is 1.30. The second kappa shape index (κ2) is 9.55. The van der Waals surface area contributed by atoms with Crippen molar-refractivity contribution in [3.05, 3.63) is 76.9 Å². The van der Waals surface area contributed by atoms with Gasteiger partial charge in [-0.3, -0.25) is 4.90 Å². The van der Waals surface area contributed by atoms with Crippen LogP contribution in [0.1, 0.15) is 24.0 Å². The van der Waals surface area contributed by atoms with Crippen LogP contribution in [-0.2, 0) is 12.7 Å². The van der Waals surface area contributed by atoms with E-state index in [0.717, 1.165) is 43.4 Å². The van der Waals surface area contributed by atoms with E-state index in [0.29, 0.717) is 33.9 Å². The van der Waals surface area contributed by atoms with Gasteiger partial charge in [-0.1, -0.05) is 48.0 Å². The highest BCUT2D eigenvalue weighted by molar-refractivity contribution is 6.36. The molecule has 4 aromatic rings. The summed E-state index contributed by atoms with van der Waals surface area (Å²) in [7, 11) is 6.11. The maximum Gasteiger partial charge on any atom is 0.416 e. The van der Waals surface area contributed by atoms with Crippen molar-refractivity contribution < 1.29 is 13.2 Å². The molecular weight excluding hydrogens is 474 g/mol. The lowest BCUT2D eigenvalue weighted by Crippen LogP contribution is -2.39. The molecule has 35 heavy (non-hydrogen) atoms. The first-order valence-electron chi connectivity index (χ1n) is 11.3. The molecule has 10 heteroatoms. The number of alkyl halides is 3. The number of halogens is 4. The van der Waals surface area contributed by atoms with Gasteiger partial charge in [0.15, 0.2) is 5.65 Å². The summed E-state index contributed by atoms with van der Waals surface area (Å²) in [6, 6.07) is 15.1. The Morgan fingerprint density at radius 3 is 2.57 bits per heavy atom. The van der Waals surface area contributed by atoms with Crippen molar-refractivity contribution in [2.45, 2.75) is 31.6 Å². The first-order valence-corrected chi connectivity index (χ1v) is 11.7. The van der Waals surface area contributed by atoms with Crippen LogP contribution in [0.5, 0.6) is 0 Å². The summed E-state index contributed by atoms with van der Waals surface area (Å²) in [6.45, 7) is 2.02. The molecule has 1 N–H and O–H groups in total. The molecule has 2 aromatic carbocycles. The van der Waals surface area contributed by atoms with E-state index in [4.69, 9.17) is 19.4 Å². The summed E-state index contributed by atoms with van der Waals surface area (Å²) in [6.07, 6.45) is -1.09. The number of rotatable bonds is 5. The van der Waals surface area contributed by atoms with Gasteiger partial charge in [0.05, 0.1) is 11.3 Å². The molecule has 1 aliphatic heterocycles. The number of aromatic nitrogens is 3. The largest absolute Gasteiger partial charge is 0.416 e. The fourth-order valence-corrected chi connectivity index (χ4v) is 4.67. The minimum atomic E-state index is -4.33. The van der Waals surface area contributed by atoms with E-state index in [1.165, 1.54) is 12.1 Å². The predicted octanol–water partition coefficient (Wildman–Crippen LogP) is 4.94. The van der Waals surface area contributed by atoms with Crippen LogP contribution in [0.3, 0.4) is 0 Å². The molecule has 2 aromatic heterocycles. The molecule has 2 radical (unpaired) electrons. The predicted molar refractivity (Wildman–Crippen MR) is 132 cm³/mol. The highest BCUT2D eigenvalue weighted by atomic mass is 35.5. The van der Waals surface area contributed by atoms with Gasteiger partial charge >= 0.3 is 6.18 Å². The van der Waals surface area contributed by atoms with Crippen LogP contribution in [0.2, 0.25) is 5.02 Å². The Morgan fingerprint density at radius 1 is 1.06 bits per heavy atom. The molecule has 3 heterocycles. The zero-order valence-corrected chi connectivity index (χ0v) is 19.5. The lowest BCUT2D eigenvalue weighted by Gasteiger charge is -2.33. The second-order valence-corrected chi connectivity index (χ2v) is 9.14. The van der Waals surface area contributed by atoms with Crippen LogP contribution in [0, 0.1) is 0 Å². The zero-order valence-electron chi connectivity index (χ0n) is 18.8. The molecule has 178 valence electrons. The van der Waals surface area contributed by atoms with Gasteiger partial charge < -0.3 is 5.32 Å². The quantitative estimate of drug-likeness (QED) is 0.399. The summed E-state index contributed by atoms with van der Waals surface area (Å²) in [5, 5.41) is 8.53. The van der Waals surface area contributed by atoms with Crippen molar-refractivity contribution in [3.8, 4) is 11.3 Å². The van der Waals surface area contributed by atoms with Gasteiger partial charge in [0.1, 0.15) is 13.7 Å². The number of nitrogens with zero attached hydrogens (tertiary/aromatic N) is 4. The Morgan fingerprint density at radius 2 is 1.83 bits per heavy atom. The lowest BCUT2D eigenvalue weighted by molar-refractivity contribution is -0.137. The average molecular weight is 496 g/mol. The number of anilines is 1. The molecule has 5 rings (SSSR count). The van der Waals surface area contributed by atoms with Crippen molar-refractivity contribution in [2.75, 3.05) is 18.4 Å². The SMILES string of the molecule is [B]c1cnn2c(NC3CCN(Cc4cccc(C(F)(F)F)c4)CC3)cc(-c3ccccc3Cl)nc12. The molecule has 0 unspecified atom stereocenters. The van der Waals surface area contributed by atoms with Crippen molar-refractivity contribution in [1.29, 1.82) is 0 Å². The lowest BCUT2D eigenvalue weighted by atomic mass is 10.0. The fraction of sp³-hybridized carbons (Fsp3) is 0.280. The van der Waals surface area contributed by atoms with Crippen LogP contribution in [0.15, 0.2) is 60.8 Å². The highest BCUT2D eigenvalue weighted by Crippen LogP contribution is 2.31. The third-order valence-corrected chi connectivity index (χ3v) is 6.58. The maximum absolute atomic E-state index is 13.0. The topological polar surface area (TPSA) is 45.5 Å². The minimum absolute atomic E-state index is 0.169. The number of fused-ring (bicyclic) bond motifs is 1. The molecule has 1 saturated heterocycles. The summed E-state index contributed by atoms with van der Waals surface area (Å²) < 4.78 is 40.8. The van der Waals surface area contributed by atoms with E-state index in [9.17, 15) is 13.2 Å². The Kier molecular flexibility index (Phi) is 6.46. The summed E-state index contributed by atoms with van der Waals surface area (Å²) in [5.74, 6) is 0.762. The number of likely N-dealkylation sites (tertiary alicyclic amines) is 1. The molecule has 0 aliphatic carbocycles. The van der Waals surface area contributed by atoms with Gasteiger partial charge in [-0.2, -0.15) is 22.8 Å². The van der Waals surface area contributed by atoms with Gasteiger partial charge in [-0.05, 0) is 36.0 Å². The number of nitrogens with one attached hydrogen (secondary N) is 1. The van der Waals surface area contributed by atoms with Crippen molar-refractivity contribution >= 4 is 36.4 Å². The first-order chi connectivity index (χ1) is 16.8. The highest BCUT2D eigenvalue weighted by Gasteiger charge is 2.30. The molecule has 0 atom stereocenters. The van der Waals surface area contributed by atoms with E-state index in [-0.39, 0.29) is 6.04 Å². The molecular formula is C25H22BClF3N5. The Hall–Kier alpha value is -3.04. The zero-order chi connectivity index (χ0) is 24.6. The molecule has 0 bridgehead atoms. The summed E-state index contributed by atoms with van der Waals surface area (Å²) in [5.41, 5.74) is 2.57. The standard InChI is InChI=1S/C25H22BClF3N5/c26-20-14-31-35-23(13-22(33-24(20)35)19-6-1-2-7-21(19)27)32-18-8-10-34(11-9-18)15-16-4-3-5-17(12-16)25(28,29)30/h1-7,12-14,18,32H,8-11,15H2. The van der Waals surface area contributed by atoms with Crippen molar-refractivity contribution in [1.82, 2.24) is 19.5 Å². The van der Waals surface area contributed by atoms with E-state index in [1.54, 1.807) is 16.8 Å². The minimum Gasteiger partial charge on any atom is -0.367 e. The molecule has 0 spiro atoms. The van der Waals surface area contributed by atoms with Gasteiger partial charge in [-0.25, -0.2) is 4.98 Å². The van der Waals surface area contributed by atoms with Gasteiger partial charge in [0.25, 0.3) is 0 Å². The van der Waals surface area contributed by atoms with Crippen LogP contribution in [-0.4, -0.2) is 46.5 Å². The van der Waals surface area contributed by atoms with Crippen LogP contribution < -0.4 is 10.8 Å². The van der Waals surface area contributed by atoms with Gasteiger partial charge in [0, 0.05) is 48.5 Å². The number of benzene rings is 2. The van der Waals surface area contributed by atoms with E-state index in [2.05, 4.69) is 20.3 Å². The molecule has 1 aliphatic rings. The van der Waals surface area contributed by atoms with Crippen LogP contribution >= 0.6 is 11.6 Å². The van der Waals surface area contributed by atoms with Crippen LogP contribution in [0.25, 0.3) is 16.9 Å². The second-order valence-electron chi connectivity index (χ2n) is 8.73. The van der Waals surface area contributed by atoms with Crippen LogP contribution in [0.4, 0.5) is 19.0 Å². The summed E-state index contributed by atoms with van der Waals surface area (Å²) in [4.78, 5) is 6.84. The molecule has 0 amide bonds. The van der Waals surface area contributed by atoms with Crippen molar-refractivity contribution in [2.24, 2.45) is 0 Å². The van der Waals surface area contributed by atoms with Crippen molar-refractivity contribution in [3.63, 3.8) is 0 Å². The van der Waals surface area contributed by atoms with E-state index >= 15 is 0 Å². The Labute approximate surface area is 207 Å². The van der Waals surface area contributed by atoms with E-state index < -0.39 is 11.7 Å². The normalized spacial score (nSPS) is 15.5. The van der Waals surface area contributed by atoms with Gasteiger partial charge in [0.2, 0.25) is 0 Å². The average Bonchev–Trinajstić information content (AvgIpc) is 3.21. The molecule has 1 fully saturated rings. The molecule has 0 saturated carbocycles. The third kappa shape index (κ3) is 5.16. The number of hydrogen-bond donors (Lipinski definition) is 1. The monoisotopic (exact) mass is 495 g/mol. The smallest absolute Gasteiger partial charge is 0.367 e. The first kappa shape index (κ1) is 23.7. The fourth-order valence-electron chi connectivity index (χ4n) is 4.44. The van der Waals surface area contributed by atoms with E-state index in [1.807, 2.05) is 30.3 Å². The third-order valence-electron chi connectivity index (χ3n) is 6.25. The number of piperidine rings is 1. The number of hydrogen-bond acceptors (Lipinski definition) is 4.